The van der Waals surface area contributed by atoms with E-state index in [0.717, 1.165) is 29.9 Å². The molecule has 1 aromatic carbocycles. The number of ether oxygens (including phenoxy) is 2. The van der Waals surface area contributed by atoms with Crippen molar-refractivity contribution in [2.75, 3.05) is 33.4 Å². The first-order valence-electron chi connectivity index (χ1n) is 10.7. The molecular weight excluding hydrogens is 410 g/mol. The zero-order valence-electron chi connectivity index (χ0n) is 18.3. The minimum absolute atomic E-state index is 0.169. The van der Waals surface area contributed by atoms with E-state index in [1.807, 2.05) is 13.1 Å². The molecule has 0 bridgehead atoms. The van der Waals surface area contributed by atoms with E-state index in [-0.39, 0.29) is 23.1 Å². The quantitative estimate of drug-likeness (QED) is 0.564. The molecule has 32 heavy (non-hydrogen) atoms. The van der Waals surface area contributed by atoms with Crippen LogP contribution >= 0.6 is 0 Å². The van der Waals surface area contributed by atoms with E-state index in [1.165, 1.54) is 0 Å². The molecule has 3 heterocycles. The van der Waals surface area contributed by atoms with Crippen LogP contribution in [0.2, 0.25) is 0 Å². The zero-order chi connectivity index (χ0) is 22.5. The van der Waals surface area contributed by atoms with Gasteiger partial charge in [-0.15, -0.1) is 0 Å². The molecule has 3 aromatic rings. The van der Waals surface area contributed by atoms with Gasteiger partial charge in [0.1, 0.15) is 5.82 Å². The molecule has 1 amide bonds. The number of aryl methyl sites for hydroxylation is 1. The molecule has 1 saturated heterocycles. The van der Waals surface area contributed by atoms with E-state index in [1.54, 1.807) is 36.3 Å². The molecule has 0 radical (unpaired) electrons. The number of methoxy groups -OCH3 is 1. The summed E-state index contributed by atoms with van der Waals surface area (Å²) in [5.41, 5.74) is 1.96. The van der Waals surface area contributed by atoms with E-state index >= 15 is 0 Å². The third-order valence-electron chi connectivity index (χ3n) is 5.78. The molecule has 168 valence electrons. The Morgan fingerprint density at radius 3 is 2.69 bits per heavy atom. The number of nitrogens with one attached hydrogen (secondary N) is 1. The van der Waals surface area contributed by atoms with Crippen LogP contribution in [-0.4, -0.2) is 64.4 Å². The average molecular weight is 438 g/mol. The van der Waals surface area contributed by atoms with Crippen LogP contribution in [0.4, 0.5) is 0 Å². The number of carbonyl (C=O) groups excluding carboxylic acids is 1. The van der Waals surface area contributed by atoms with Crippen LogP contribution in [0, 0.1) is 6.92 Å². The van der Waals surface area contributed by atoms with Crippen molar-refractivity contribution in [1.29, 1.82) is 0 Å². The van der Waals surface area contributed by atoms with Gasteiger partial charge >= 0.3 is 0 Å². The van der Waals surface area contributed by atoms with Crippen molar-refractivity contribution < 1.29 is 14.3 Å². The summed E-state index contributed by atoms with van der Waals surface area (Å²) in [6.45, 7) is 4.54. The van der Waals surface area contributed by atoms with Crippen molar-refractivity contribution >= 4 is 16.7 Å². The lowest BCUT2D eigenvalue weighted by Crippen LogP contribution is -2.39. The molecule has 0 unspecified atom stereocenters. The number of H-pyrrole nitrogens is 1. The Hall–Kier alpha value is -3.17. The van der Waals surface area contributed by atoms with Crippen molar-refractivity contribution in [3.63, 3.8) is 0 Å². The van der Waals surface area contributed by atoms with Crippen LogP contribution in [-0.2, 0) is 16.1 Å². The minimum Gasteiger partial charge on any atom is -0.382 e. The number of rotatable bonds is 7. The van der Waals surface area contributed by atoms with E-state index in [2.05, 4.69) is 15.2 Å². The number of fused-ring (bicyclic) bond motifs is 1. The van der Waals surface area contributed by atoms with Gasteiger partial charge in [0.05, 0.1) is 30.9 Å². The highest BCUT2D eigenvalue weighted by Crippen LogP contribution is 2.30. The zero-order valence-corrected chi connectivity index (χ0v) is 18.3. The molecule has 9 heteroatoms. The van der Waals surface area contributed by atoms with E-state index < -0.39 is 0 Å². The molecule has 0 aliphatic carbocycles. The number of aromatic amines is 1. The van der Waals surface area contributed by atoms with E-state index in [4.69, 9.17) is 14.5 Å². The fraction of sp³-hybridized carbons (Fsp3) is 0.435. The largest absolute Gasteiger partial charge is 0.382 e. The Balaban J connectivity index is 1.47. The standard InChI is InChI=1S/C23H27N5O4/c1-15-24-13-17(14-32-12-11-31-2)20(25-15)16-7-9-28(10-8-16)23(30)21-18-5-3-4-6-19(18)22(29)27-26-21/h3-6,13,16H,7-12,14H2,1-2H3,(H,27,29). The summed E-state index contributed by atoms with van der Waals surface area (Å²) in [7, 11) is 1.64. The van der Waals surface area contributed by atoms with Gasteiger partial charge in [0.2, 0.25) is 0 Å². The van der Waals surface area contributed by atoms with Gasteiger partial charge in [0, 0.05) is 43.3 Å². The lowest BCUT2D eigenvalue weighted by atomic mass is 9.90. The van der Waals surface area contributed by atoms with Gasteiger partial charge in [-0.25, -0.2) is 15.1 Å². The summed E-state index contributed by atoms with van der Waals surface area (Å²) >= 11 is 0. The highest BCUT2D eigenvalue weighted by Gasteiger charge is 2.28. The van der Waals surface area contributed by atoms with Crippen molar-refractivity contribution in [1.82, 2.24) is 25.1 Å². The Morgan fingerprint density at radius 1 is 1.19 bits per heavy atom. The van der Waals surface area contributed by atoms with Crippen molar-refractivity contribution in [2.45, 2.75) is 32.3 Å². The monoisotopic (exact) mass is 437 g/mol. The van der Waals surface area contributed by atoms with Crippen LogP contribution in [0.25, 0.3) is 10.8 Å². The summed E-state index contributed by atoms with van der Waals surface area (Å²) in [6.07, 6.45) is 3.40. The summed E-state index contributed by atoms with van der Waals surface area (Å²) in [5, 5.41) is 7.55. The Kier molecular flexibility index (Phi) is 6.87. The molecule has 0 atom stereocenters. The lowest BCUT2D eigenvalue weighted by molar-refractivity contribution is 0.0604. The predicted octanol–water partition coefficient (Wildman–Crippen LogP) is 2.20. The molecule has 0 saturated carbocycles. The normalized spacial score (nSPS) is 14.8. The highest BCUT2D eigenvalue weighted by molar-refractivity contribution is 6.04. The van der Waals surface area contributed by atoms with Gasteiger partial charge < -0.3 is 14.4 Å². The molecule has 1 aliphatic heterocycles. The van der Waals surface area contributed by atoms with Gasteiger partial charge in [-0.1, -0.05) is 18.2 Å². The number of benzene rings is 1. The number of piperidine rings is 1. The van der Waals surface area contributed by atoms with Crippen molar-refractivity contribution in [3.8, 4) is 0 Å². The molecule has 1 N–H and O–H groups in total. The van der Waals surface area contributed by atoms with Crippen molar-refractivity contribution in [3.05, 3.63) is 63.6 Å². The second kappa shape index (κ2) is 9.97. The average Bonchev–Trinajstić information content (AvgIpc) is 2.83. The van der Waals surface area contributed by atoms with Gasteiger partial charge in [-0.3, -0.25) is 9.59 Å². The molecule has 9 nitrogen and oxygen atoms in total. The number of aromatic nitrogens is 4. The van der Waals surface area contributed by atoms with Crippen molar-refractivity contribution in [2.24, 2.45) is 0 Å². The minimum atomic E-state index is -0.296. The fourth-order valence-electron chi connectivity index (χ4n) is 4.09. The molecule has 1 aliphatic rings. The smallest absolute Gasteiger partial charge is 0.274 e. The maximum absolute atomic E-state index is 13.2. The molecule has 1 fully saturated rings. The first-order chi connectivity index (χ1) is 15.6. The van der Waals surface area contributed by atoms with Gasteiger partial charge in [-0.2, -0.15) is 5.10 Å². The second-order valence-electron chi connectivity index (χ2n) is 7.89. The van der Waals surface area contributed by atoms with Gasteiger partial charge in [0.25, 0.3) is 11.5 Å². The van der Waals surface area contributed by atoms with Crippen LogP contribution in [0.1, 0.15) is 46.3 Å². The number of likely N-dealkylation sites (tertiary alicyclic amines) is 1. The van der Waals surface area contributed by atoms with Gasteiger partial charge in [0.15, 0.2) is 5.69 Å². The van der Waals surface area contributed by atoms with Crippen LogP contribution < -0.4 is 5.56 Å². The van der Waals surface area contributed by atoms with Crippen LogP contribution in [0.5, 0.6) is 0 Å². The summed E-state index contributed by atoms with van der Waals surface area (Å²) in [6, 6.07) is 7.04. The van der Waals surface area contributed by atoms with E-state index in [9.17, 15) is 9.59 Å². The number of amides is 1. The first-order valence-corrected chi connectivity index (χ1v) is 10.7. The lowest BCUT2D eigenvalue weighted by Gasteiger charge is -2.32. The van der Waals surface area contributed by atoms with Gasteiger partial charge in [-0.05, 0) is 25.8 Å². The second-order valence-corrected chi connectivity index (χ2v) is 7.89. The number of carbonyl (C=O) groups is 1. The third kappa shape index (κ3) is 4.68. The Labute approximate surface area is 185 Å². The summed E-state index contributed by atoms with van der Waals surface area (Å²) < 4.78 is 10.7. The number of hydrogen-bond donors (Lipinski definition) is 1. The Bertz CT molecular complexity index is 1150. The number of nitrogens with zero attached hydrogens (tertiary/aromatic N) is 4. The first kappa shape index (κ1) is 22.0. The SMILES string of the molecule is COCCOCc1cnc(C)nc1C1CCN(C(=O)c2n[nH]c(=O)c3ccccc23)CC1. The molecule has 4 rings (SSSR count). The Morgan fingerprint density at radius 2 is 1.94 bits per heavy atom. The number of hydrogen-bond acceptors (Lipinski definition) is 7. The van der Waals surface area contributed by atoms with Crippen LogP contribution in [0.15, 0.2) is 35.3 Å². The summed E-state index contributed by atoms with van der Waals surface area (Å²) in [5.74, 6) is 0.781. The molecule has 0 spiro atoms. The van der Waals surface area contributed by atoms with E-state index in [0.29, 0.717) is 43.7 Å². The predicted molar refractivity (Wildman–Crippen MR) is 119 cm³/mol. The molecule has 2 aromatic heterocycles. The highest BCUT2D eigenvalue weighted by atomic mass is 16.5. The maximum Gasteiger partial charge on any atom is 0.274 e. The summed E-state index contributed by atoms with van der Waals surface area (Å²) in [4.78, 5) is 36.0. The third-order valence-corrected chi connectivity index (χ3v) is 5.78. The molecular formula is C23H27N5O4. The fourth-order valence-corrected chi connectivity index (χ4v) is 4.09. The maximum atomic E-state index is 13.2. The van der Waals surface area contributed by atoms with Crippen LogP contribution in [0.3, 0.4) is 0 Å². The topological polar surface area (TPSA) is 110 Å².